The number of nitrogens with one attached hydrogen (secondary N) is 1. The molecule has 1 N–H and O–H groups in total. The van der Waals surface area contributed by atoms with E-state index in [1.165, 1.54) is 54.6 Å². The number of halogens is 1. The molecule has 154 valence electrons. The van der Waals surface area contributed by atoms with Gasteiger partial charge >= 0.3 is 0 Å². The summed E-state index contributed by atoms with van der Waals surface area (Å²) >= 11 is 6.08. The average Bonchev–Trinajstić information content (AvgIpc) is 3.20. The first kappa shape index (κ1) is 21.2. The molecule has 0 aliphatic rings. The van der Waals surface area contributed by atoms with Gasteiger partial charge in [0, 0.05) is 41.6 Å². The van der Waals surface area contributed by atoms with Crippen LogP contribution in [0, 0.1) is 31.6 Å². The lowest BCUT2D eigenvalue weighted by atomic mass is 10.1. The van der Waals surface area contributed by atoms with Crippen molar-refractivity contribution in [2.45, 2.75) is 0 Å². The van der Waals surface area contributed by atoms with Gasteiger partial charge in [-0.05, 0) is 30.3 Å². The van der Waals surface area contributed by atoms with Crippen molar-refractivity contribution in [2.24, 2.45) is 0 Å². The van der Waals surface area contributed by atoms with Gasteiger partial charge in [0.25, 0.3) is 17.3 Å². The number of anilines is 1. The fourth-order valence-electron chi connectivity index (χ4n) is 2.55. The third kappa shape index (κ3) is 4.92. The van der Waals surface area contributed by atoms with E-state index < -0.39 is 15.8 Å². The van der Waals surface area contributed by atoms with Gasteiger partial charge in [-0.25, -0.2) is 0 Å². The number of nitro groups is 2. The lowest BCUT2D eigenvalue weighted by Crippen LogP contribution is -2.13. The summed E-state index contributed by atoms with van der Waals surface area (Å²) in [7, 11) is 0. The molecular formula is C20H11ClN4O6. The standard InChI is InChI=1S/C20H11ClN4O6/c21-18-10-15(25(29)30)5-7-17(18)19-8-6-16(31-19)9-12(11-22)20(26)23-13-1-3-14(4-2-13)24(27)28/h1-10H,(H,23,26). The lowest BCUT2D eigenvalue weighted by molar-refractivity contribution is -0.385. The number of rotatable bonds is 6. The van der Waals surface area contributed by atoms with Crippen LogP contribution in [0.4, 0.5) is 17.1 Å². The minimum Gasteiger partial charge on any atom is -0.457 e. The number of hydrogen-bond donors (Lipinski definition) is 1. The van der Waals surface area contributed by atoms with Gasteiger partial charge in [0.15, 0.2) is 0 Å². The highest BCUT2D eigenvalue weighted by atomic mass is 35.5. The van der Waals surface area contributed by atoms with Crippen LogP contribution in [-0.4, -0.2) is 15.8 Å². The number of carbonyl (C=O) groups excluding carboxylic acids is 1. The van der Waals surface area contributed by atoms with Crippen LogP contribution in [0.5, 0.6) is 0 Å². The highest BCUT2D eigenvalue weighted by Crippen LogP contribution is 2.32. The Balaban J connectivity index is 1.79. The van der Waals surface area contributed by atoms with Gasteiger partial charge in [0.2, 0.25) is 0 Å². The first-order valence-corrected chi connectivity index (χ1v) is 8.88. The second-order valence-electron chi connectivity index (χ2n) is 6.05. The highest BCUT2D eigenvalue weighted by Gasteiger charge is 2.15. The summed E-state index contributed by atoms with van der Waals surface area (Å²) in [6, 6.07) is 13.8. The summed E-state index contributed by atoms with van der Waals surface area (Å²) in [6.45, 7) is 0. The molecule has 0 aliphatic carbocycles. The monoisotopic (exact) mass is 438 g/mol. The number of non-ortho nitro benzene ring substituents is 2. The Morgan fingerprint density at radius 1 is 1.03 bits per heavy atom. The fourth-order valence-corrected chi connectivity index (χ4v) is 2.82. The van der Waals surface area contributed by atoms with Crippen molar-refractivity contribution in [3.05, 3.63) is 91.2 Å². The molecule has 3 aromatic rings. The van der Waals surface area contributed by atoms with Crippen molar-refractivity contribution in [3.63, 3.8) is 0 Å². The van der Waals surface area contributed by atoms with E-state index in [9.17, 15) is 30.3 Å². The van der Waals surface area contributed by atoms with Gasteiger partial charge in [-0.2, -0.15) is 5.26 Å². The maximum absolute atomic E-state index is 12.3. The molecule has 0 aliphatic heterocycles. The maximum atomic E-state index is 12.3. The highest BCUT2D eigenvalue weighted by molar-refractivity contribution is 6.33. The molecule has 0 bridgehead atoms. The van der Waals surface area contributed by atoms with Crippen LogP contribution in [0.15, 0.2) is 64.6 Å². The summed E-state index contributed by atoms with van der Waals surface area (Å²) < 4.78 is 5.59. The van der Waals surface area contributed by atoms with Crippen LogP contribution in [0.2, 0.25) is 5.02 Å². The molecule has 10 nitrogen and oxygen atoms in total. The molecule has 3 rings (SSSR count). The minimum absolute atomic E-state index is 0.107. The summed E-state index contributed by atoms with van der Waals surface area (Å²) in [5, 5.41) is 33.4. The third-order valence-corrected chi connectivity index (χ3v) is 4.36. The molecule has 2 aromatic carbocycles. The SMILES string of the molecule is N#CC(=Cc1ccc(-c2ccc([N+](=O)[O-])cc2Cl)o1)C(=O)Nc1ccc([N+](=O)[O-])cc1. The van der Waals surface area contributed by atoms with Crippen molar-refractivity contribution in [2.75, 3.05) is 5.32 Å². The van der Waals surface area contributed by atoms with E-state index in [1.54, 1.807) is 12.1 Å². The quantitative estimate of drug-likeness (QED) is 0.247. The Labute approximate surface area is 179 Å². The molecule has 1 amide bonds. The van der Waals surface area contributed by atoms with E-state index in [1.807, 2.05) is 0 Å². The van der Waals surface area contributed by atoms with Crippen LogP contribution < -0.4 is 5.32 Å². The van der Waals surface area contributed by atoms with Crippen molar-refractivity contribution in [1.29, 1.82) is 5.26 Å². The molecule has 0 radical (unpaired) electrons. The van der Waals surface area contributed by atoms with Gasteiger partial charge in [0.1, 0.15) is 23.2 Å². The zero-order valence-corrected chi connectivity index (χ0v) is 16.2. The number of hydrogen-bond acceptors (Lipinski definition) is 7. The number of benzene rings is 2. The Morgan fingerprint density at radius 2 is 1.68 bits per heavy atom. The normalized spacial score (nSPS) is 10.9. The molecule has 1 aromatic heterocycles. The number of carbonyl (C=O) groups is 1. The van der Waals surface area contributed by atoms with Crippen LogP contribution in [0.25, 0.3) is 17.4 Å². The number of nitro benzene ring substituents is 2. The predicted octanol–water partition coefficient (Wildman–Crippen LogP) is 4.96. The summed E-state index contributed by atoms with van der Waals surface area (Å²) in [5.74, 6) is -0.262. The van der Waals surface area contributed by atoms with Crippen LogP contribution in [0.1, 0.15) is 5.76 Å². The van der Waals surface area contributed by atoms with E-state index in [2.05, 4.69) is 5.32 Å². The van der Waals surface area contributed by atoms with Crippen LogP contribution in [-0.2, 0) is 4.79 Å². The van der Waals surface area contributed by atoms with E-state index in [-0.39, 0.29) is 33.4 Å². The third-order valence-electron chi connectivity index (χ3n) is 4.04. The van der Waals surface area contributed by atoms with Crippen LogP contribution >= 0.6 is 11.6 Å². The zero-order chi connectivity index (χ0) is 22.5. The lowest BCUT2D eigenvalue weighted by Gasteiger charge is -2.03. The topological polar surface area (TPSA) is 152 Å². The van der Waals surface area contributed by atoms with Gasteiger partial charge < -0.3 is 9.73 Å². The molecule has 1 heterocycles. The van der Waals surface area contributed by atoms with Gasteiger partial charge in [0.05, 0.1) is 14.9 Å². The smallest absolute Gasteiger partial charge is 0.270 e. The first-order chi connectivity index (χ1) is 14.8. The molecule has 31 heavy (non-hydrogen) atoms. The molecule has 0 fully saturated rings. The minimum atomic E-state index is -0.734. The molecule has 0 saturated heterocycles. The Morgan fingerprint density at radius 3 is 2.26 bits per heavy atom. The van der Waals surface area contributed by atoms with Crippen molar-refractivity contribution in [3.8, 4) is 17.4 Å². The molecule has 11 heteroatoms. The average molecular weight is 439 g/mol. The van der Waals surface area contributed by atoms with Gasteiger partial charge in [-0.3, -0.25) is 25.0 Å². The van der Waals surface area contributed by atoms with E-state index in [0.29, 0.717) is 11.3 Å². The molecular weight excluding hydrogens is 428 g/mol. The number of nitriles is 1. The number of furan rings is 1. The molecule has 0 atom stereocenters. The first-order valence-electron chi connectivity index (χ1n) is 8.50. The number of nitrogens with zero attached hydrogens (tertiary/aromatic N) is 3. The maximum Gasteiger partial charge on any atom is 0.270 e. The molecule has 0 unspecified atom stereocenters. The Bertz CT molecular complexity index is 1260. The largest absolute Gasteiger partial charge is 0.457 e. The predicted molar refractivity (Wildman–Crippen MR) is 111 cm³/mol. The van der Waals surface area contributed by atoms with Gasteiger partial charge in [-0.15, -0.1) is 0 Å². The fraction of sp³-hybridized carbons (Fsp3) is 0. The Kier molecular flexibility index (Phi) is 6.09. The Hall–Kier alpha value is -4.49. The second-order valence-corrected chi connectivity index (χ2v) is 6.46. The summed E-state index contributed by atoms with van der Waals surface area (Å²) in [5.41, 5.74) is 0.0986. The summed E-state index contributed by atoms with van der Waals surface area (Å²) in [6.07, 6.45) is 1.21. The van der Waals surface area contributed by atoms with E-state index in [0.717, 1.165) is 0 Å². The summed E-state index contributed by atoms with van der Waals surface area (Å²) in [4.78, 5) is 32.7. The van der Waals surface area contributed by atoms with E-state index in [4.69, 9.17) is 16.0 Å². The van der Waals surface area contributed by atoms with E-state index >= 15 is 0 Å². The molecule has 0 spiro atoms. The molecule has 0 saturated carbocycles. The van der Waals surface area contributed by atoms with Gasteiger partial charge in [-0.1, -0.05) is 11.6 Å². The number of amides is 1. The van der Waals surface area contributed by atoms with Crippen molar-refractivity contribution >= 4 is 40.6 Å². The zero-order valence-electron chi connectivity index (χ0n) is 15.4. The second kappa shape index (κ2) is 8.89. The van der Waals surface area contributed by atoms with Crippen molar-refractivity contribution in [1.82, 2.24) is 0 Å². The van der Waals surface area contributed by atoms with Crippen LogP contribution in [0.3, 0.4) is 0 Å². The van der Waals surface area contributed by atoms with Crippen molar-refractivity contribution < 1.29 is 19.1 Å².